The number of hydrogen-bond donors (Lipinski definition) is 3. The Hall–Kier alpha value is -3.23. The molecule has 3 amide bonds. The van der Waals surface area contributed by atoms with Crippen molar-refractivity contribution in [2.75, 3.05) is 13.2 Å². The molecule has 2 aromatic rings. The molecule has 3 N–H and O–H groups in total. The van der Waals surface area contributed by atoms with Crippen molar-refractivity contribution in [3.8, 4) is 0 Å². The van der Waals surface area contributed by atoms with Gasteiger partial charge in [-0.25, -0.2) is 0 Å². The number of allylic oxidation sites excluding steroid dienone is 2. The standard InChI is InChI=1S/C44H67N3O4Si/c1-7-8-9-10-15-22-35-23-16-11-12-21-28-44(29-30-45-42(44)50)32-36(46-41(49)39(31-34(2)3)47-40(35)48)33-51-52(43(4,5)6,37-24-17-13-18-25-37)38-26-19-14-20-27-38/h12-14,17-21,24-27,34-36,39H,7-11,15-16,22-23,28-33H2,1-6H3,(H,45,50)(H,46,49)(H,47,48)/b21-12-/t35?,36-,39-,44?/m0/s1. The van der Waals surface area contributed by atoms with Crippen LogP contribution in [0.15, 0.2) is 72.8 Å². The molecule has 7 nitrogen and oxygen atoms in total. The first-order valence-electron chi connectivity index (χ1n) is 20.2. The molecular weight excluding hydrogens is 663 g/mol. The van der Waals surface area contributed by atoms with Crippen LogP contribution in [0.5, 0.6) is 0 Å². The summed E-state index contributed by atoms with van der Waals surface area (Å²) in [5.74, 6) is -0.0839. The van der Waals surface area contributed by atoms with Crippen LogP contribution in [-0.2, 0) is 18.8 Å². The molecule has 0 aromatic heterocycles. The molecule has 2 aliphatic rings. The molecule has 0 aliphatic carbocycles. The Labute approximate surface area is 315 Å². The highest BCUT2D eigenvalue weighted by atomic mass is 28.4. The summed E-state index contributed by atoms with van der Waals surface area (Å²) in [5, 5.41) is 11.8. The van der Waals surface area contributed by atoms with Crippen molar-refractivity contribution < 1.29 is 18.8 Å². The number of amides is 3. The van der Waals surface area contributed by atoms with Gasteiger partial charge in [-0.05, 0) is 72.7 Å². The second-order valence-corrected chi connectivity index (χ2v) is 21.2. The molecule has 2 aromatic carbocycles. The summed E-state index contributed by atoms with van der Waals surface area (Å²) in [6.07, 6.45) is 15.8. The third-order valence-electron chi connectivity index (χ3n) is 11.2. The zero-order valence-electron chi connectivity index (χ0n) is 33.0. The number of carbonyl (C=O) groups excluding carboxylic acids is 3. The minimum Gasteiger partial charge on any atom is -0.405 e. The Balaban J connectivity index is 1.71. The lowest BCUT2D eigenvalue weighted by atomic mass is 9.77. The first-order valence-corrected chi connectivity index (χ1v) is 22.1. The van der Waals surface area contributed by atoms with Crippen LogP contribution < -0.4 is 26.3 Å². The van der Waals surface area contributed by atoms with E-state index in [1.54, 1.807) is 0 Å². The number of rotatable bonds is 13. The minimum absolute atomic E-state index is 0.0121. The normalized spacial score (nSPS) is 24.5. The summed E-state index contributed by atoms with van der Waals surface area (Å²) < 4.78 is 7.39. The minimum atomic E-state index is -2.93. The molecule has 0 saturated carbocycles. The third kappa shape index (κ3) is 10.9. The molecule has 2 aliphatic heterocycles. The lowest BCUT2D eigenvalue weighted by Crippen LogP contribution is -2.67. The van der Waals surface area contributed by atoms with E-state index in [2.05, 4.69) is 118 Å². The van der Waals surface area contributed by atoms with E-state index in [1.807, 2.05) is 12.1 Å². The molecule has 1 fully saturated rings. The molecule has 1 spiro atoms. The number of benzene rings is 2. The molecule has 4 atom stereocenters. The van der Waals surface area contributed by atoms with Gasteiger partial charge in [0.1, 0.15) is 6.04 Å². The maximum Gasteiger partial charge on any atom is 0.261 e. The van der Waals surface area contributed by atoms with E-state index in [9.17, 15) is 14.4 Å². The SMILES string of the molecule is CCCCCCCC1CCC/C=C\CC2(CCNC2=O)C[C@@H](CO[Si](c2ccccc2)(c2ccccc2)C(C)(C)C)NC(=O)[C@H](CC(C)C)NC1=O. The van der Waals surface area contributed by atoms with E-state index >= 15 is 0 Å². The van der Waals surface area contributed by atoms with Gasteiger partial charge in [-0.3, -0.25) is 14.4 Å². The van der Waals surface area contributed by atoms with Crippen molar-refractivity contribution in [3.05, 3.63) is 72.8 Å². The average molecular weight is 730 g/mol. The third-order valence-corrected chi connectivity index (χ3v) is 16.2. The number of carbonyl (C=O) groups is 3. The first-order chi connectivity index (χ1) is 24.9. The Morgan fingerprint density at radius 3 is 2.10 bits per heavy atom. The number of hydrogen-bond acceptors (Lipinski definition) is 4. The van der Waals surface area contributed by atoms with Crippen LogP contribution in [0.1, 0.15) is 125 Å². The van der Waals surface area contributed by atoms with Gasteiger partial charge in [-0.1, -0.05) is 146 Å². The molecule has 286 valence electrons. The van der Waals surface area contributed by atoms with Crippen molar-refractivity contribution in [2.24, 2.45) is 17.3 Å². The van der Waals surface area contributed by atoms with E-state index in [0.717, 1.165) is 38.5 Å². The predicted molar refractivity (Wildman–Crippen MR) is 216 cm³/mol. The van der Waals surface area contributed by atoms with Crippen molar-refractivity contribution in [3.63, 3.8) is 0 Å². The van der Waals surface area contributed by atoms with Crippen molar-refractivity contribution in [1.29, 1.82) is 0 Å². The van der Waals surface area contributed by atoms with Gasteiger partial charge in [0.15, 0.2) is 0 Å². The molecule has 1 saturated heterocycles. The Morgan fingerprint density at radius 2 is 1.52 bits per heavy atom. The predicted octanol–water partition coefficient (Wildman–Crippen LogP) is 7.58. The number of unbranched alkanes of at least 4 members (excludes halogenated alkanes) is 4. The van der Waals surface area contributed by atoms with Gasteiger partial charge in [-0.15, -0.1) is 0 Å². The maximum absolute atomic E-state index is 14.4. The van der Waals surface area contributed by atoms with Gasteiger partial charge in [0.2, 0.25) is 17.7 Å². The van der Waals surface area contributed by atoms with Crippen LogP contribution in [0, 0.1) is 17.3 Å². The molecule has 0 radical (unpaired) electrons. The fraction of sp³-hybridized carbons (Fsp3) is 0.614. The molecular formula is C44H67N3O4Si. The van der Waals surface area contributed by atoms with Crippen LogP contribution in [0.3, 0.4) is 0 Å². The summed E-state index contributed by atoms with van der Waals surface area (Å²) in [7, 11) is -2.93. The molecule has 8 heteroatoms. The van der Waals surface area contributed by atoms with Gasteiger partial charge in [0.25, 0.3) is 8.32 Å². The second-order valence-electron chi connectivity index (χ2n) is 16.9. The lowest BCUT2D eigenvalue weighted by Gasteiger charge is -2.44. The van der Waals surface area contributed by atoms with E-state index in [4.69, 9.17) is 4.43 Å². The Morgan fingerprint density at radius 1 is 0.865 bits per heavy atom. The smallest absolute Gasteiger partial charge is 0.261 e. The van der Waals surface area contributed by atoms with Crippen LogP contribution >= 0.6 is 0 Å². The van der Waals surface area contributed by atoms with Crippen LogP contribution in [0.4, 0.5) is 0 Å². The topological polar surface area (TPSA) is 96.5 Å². The van der Waals surface area contributed by atoms with E-state index in [-0.39, 0.29) is 41.2 Å². The zero-order valence-corrected chi connectivity index (χ0v) is 34.0. The van der Waals surface area contributed by atoms with Crippen LogP contribution in [-0.4, -0.2) is 51.3 Å². The van der Waals surface area contributed by atoms with Gasteiger partial charge in [0, 0.05) is 12.5 Å². The highest BCUT2D eigenvalue weighted by Crippen LogP contribution is 2.39. The van der Waals surface area contributed by atoms with Gasteiger partial charge in [-0.2, -0.15) is 0 Å². The van der Waals surface area contributed by atoms with Gasteiger partial charge < -0.3 is 20.4 Å². The first kappa shape index (κ1) is 41.5. The fourth-order valence-electron chi connectivity index (χ4n) is 8.40. The van der Waals surface area contributed by atoms with Gasteiger partial charge >= 0.3 is 0 Å². The second kappa shape index (κ2) is 19.7. The van der Waals surface area contributed by atoms with Crippen LogP contribution in [0.2, 0.25) is 5.04 Å². The number of nitrogens with one attached hydrogen (secondary N) is 3. The van der Waals surface area contributed by atoms with Crippen LogP contribution in [0.25, 0.3) is 0 Å². The van der Waals surface area contributed by atoms with Gasteiger partial charge in [0.05, 0.1) is 18.1 Å². The quantitative estimate of drug-likeness (QED) is 0.113. The van der Waals surface area contributed by atoms with Crippen molar-refractivity contribution in [1.82, 2.24) is 16.0 Å². The maximum atomic E-state index is 14.4. The lowest BCUT2D eigenvalue weighted by molar-refractivity contribution is -0.133. The summed E-state index contributed by atoms with van der Waals surface area (Å²) in [6, 6.07) is 19.9. The van der Waals surface area contributed by atoms with E-state index in [1.165, 1.54) is 29.6 Å². The van der Waals surface area contributed by atoms with Crippen molar-refractivity contribution in [2.45, 2.75) is 142 Å². The highest BCUT2D eigenvalue weighted by Gasteiger charge is 2.51. The summed E-state index contributed by atoms with van der Waals surface area (Å²) >= 11 is 0. The summed E-state index contributed by atoms with van der Waals surface area (Å²) in [6.45, 7) is 14.0. The van der Waals surface area contributed by atoms with E-state index < -0.39 is 25.8 Å². The summed E-state index contributed by atoms with van der Waals surface area (Å²) in [5.41, 5.74) is -0.652. The Kier molecular flexibility index (Phi) is 15.8. The fourth-order valence-corrected chi connectivity index (χ4v) is 13.0. The Bertz CT molecular complexity index is 1400. The zero-order chi connectivity index (χ0) is 37.6. The molecule has 2 unspecified atom stereocenters. The summed E-state index contributed by atoms with van der Waals surface area (Å²) in [4.78, 5) is 42.1. The monoisotopic (exact) mass is 729 g/mol. The molecule has 52 heavy (non-hydrogen) atoms. The van der Waals surface area contributed by atoms with Crippen molar-refractivity contribution >= 4 is 36.4 Å². The molecule has 0 bridgehead atoms. The highest BCUT2D eigenvalue weighted by molar-refractivity contribution is 6.99. The molecule has 4 rings (SSSR count). The van der Waals surface area contributed by atoms with E-state index in [0.29, 0.717) is 32.2 Å². The largest absolute Gasteiger partial charge is 0.405 e. The molecule has 2 heterocycles. The average Bonchev–Trinajstić information content (AvgIpc) is 3.46.